The molecule has 0 spiro atoms. The maximum absolute atomic E-state index is 12.1. The minimum Gasteiger partial charge on any atom is -0.379 e. The van der Waals surface area contributed by atoms with Crippen molar-refractivity contribution in [1.29, 1.82) is 0 Å². The van der Waals surface area contributed by atoms with Crippen LogP contribution >= 0.6 is 0 Å². The molecule has 120 valence electrons. The van der Waals surface area contributed by atoms with E-state index in [-0.39, 0.29) is 10.8 Å². The molecule has 1 aliphatic rings. The van der Waals surface area contributed by atoms with Crippen molar-refractivity contribution in [3.8, 4) is 0 Å². The minimum absolute atomic E-state index is 0.104. The lowest BCUT2D eigenvalue weighted by Crippen LogP contribution is -2.35. The van der Waals surface area contributed by atoms with E-state index in [1.807, 2.05) is 33.8 Å². The van der Waals surface area contributed by atoms with E-state index in [0.717, 1.165) is 44.3 Å². The Hall–Kier alpha value is -0.760. The quantitative estimate of drug-likeness (QED) is 0.894. The molecule has 1 fully saturated rings. The van der Waals surface area contributed by atoms with Gasteiger partial charge in [-0.05, 0) is 27.7 Å². The normalized spacial score (nSPS) is 20.4. The third-order valence-corrected chi connectivity index (χ3v) is 5.02. The van der Waals surface area contributed by atoms with Gasteiger partial charge in [-0.15, -0.1) is 0 Å². The van der Waals surface area contributed by atoms with E-state index >= 15 is 0 Å². The molecule has 0 radical (unpaired) electrons. The van der Waals surface area contributed by atoms with E-state index < -0.39 is 11.0 Å². The van der Waals surface area contributed by atoms with Crippen LogP contribution in [0.25, 0.3) is 0 Å². The van der Waals surface area contributed by atoms with Crippen LogP contribution in [-0.2, 0) is 22.3 Å². The van der Waals surface area contributed by atoms with Crippen molar-refractivity contribution in [3.63, 3.8) is 0 Å². The zero-order valence-corrected chi connectivity index (χ0v) is 14.0. The van der Waals surface area contributed by atoms with Gasteiger partial charge in [0.15, 0.2) is 5.76 Å². The fourth-order valence-corrected chi connectivity index (χ4v) is 2.78. The summed E-state index contributed by atoms with van der Waals surface area (Å²) in [5.41, 5.74) is 0.788. The lowest BCUT2D eigenvalue weighted by Gasteiger charge is -2.25. The Balaban J connectivity index is 1.91. The molecule has 0 unspecified atom stereocenters. The summed E-state index contributed by atoms with van der Waals surface area (Å²) in [4.78, 5) is 2.28. The lowest BCUT2D eigenvalue weighted by atomic mass is 10.2. The molecule has 6 nitrogen and oxygen atoms in total. The molecule has 21 heavy (non-hydrogen) atoms. The van der Waals surface area contributed by atoms with Gasteiger partial charge in [-0.1, -0.05) is 5.16 Å². The topological polar surface area (TPSA) is 67.6 Å². The van der Waals surface area contributed by atoms with E-state index in [1.54, 1.807) is 0 Å². The van der Waals surface area contributed by atoms with Gasteiger partial charge in [0.2, 0.25) is 0 Å². The molecule has 1 aromatic heterocycles. The first-order valence-corrected chi connectivity index (χ1v) is 8.45. The standard InChI is InChI=1S/C14H25N3O3S/c1-11(16-21(18)14(2,3)4)13-9-12(20-15-13)10-17-5-7-19-8-6-17/h9,11,16H,5-8,10H2,1-4H3/t11-,21-/m1/s1. The summed E-state index contributed by atoms with van der Waals surface area (Å²) in [5, 5.41) is 4.09. The first-order chi connectivity index (χ1) is 9.86. The molecular weight excluding hydrogens is 290 g/mol. The average molecular weight is 315 g/mol. The maximum Gasteiger partial charge on any atom is 0.151 e. The van der Waals surface area contributed by atoms with Crippen LogP contribution in [0.5, 0.6) is 0 Å². The monoisotopic (exact) mass is 315 g/mol. The van der Waals surface area contributed by atoms with Gasteiger partial charge in [-0.3, -0.25) is 4.90 Å². The molecule has 0 amide bonds. The van der Waals surface area contributed by atoms with Gasteiger partial charge < -0.3 is 9.26 Å². The van der Waals surface area contributed by atoms with Gasteiger partial charge in [0.1, 0.15) is 5.69 Å². The van der Waals surface area contributed by atoms with Crippen LogP contribution in [0, 0.1) is 0 Å². The second-order valence-corrected chi connectivity index (χ2v) is 8.33. The van der Waals surface area contributed by atoms with Gasteiger partial charge in [-0.25, -0.2) is 8.93 Å². The predicted octanol–water partition coefficient (Wildman–Crippen LogP) is 1.62. The van der Waals surface area contributed by atoms with Crippen molar-refractivity contribution >= 4 is 11.0 Å². The molecule has 1 aromatic rings. The second-order valence-electron chi connectivity index (χ2n) is 6.33. The lowest BCUT2D eigenvalue weighted by molar-refractivity contribution is 0.0305. The van der Waals surface area contributed by atoms with Crippen LogP contribution in [0.4, 0.5) is 0 Å². The molecule has 2 heterocycles. The highest BCUT2D eigenvalue weighted by Gasteiger charge is 2.23. The molecule has 1 N–H and O–H groups in total. The van der Waals surface area contributed by atoms with Crippen molar-refractivity contribution in [2.24, 2.45) is 0 Å². The Bertz CT molecular complexity index is 478. The van der Waals surface area contributed by atoms with Gasteiger partial charge in [0, 0.05) is 19.2 Å². The van der Waals surface area contributed by atoms with E-state index in [0.29, 0.717) is 0 Å². The fourth-order valence-electron chi connectivity index (χ4n) is 1.98. The third kappa shape index (κ3) is 4.88. The SMILES string of the molecule is C[C@@H](N[S@](=O)C(C)(C)C)c1cc(CN2CCOCC2)on1. The predicted molar refractivity (Wildman–Crippen MR) is 82.0 cm³/mol. The van der Waals surface area contributed by atoms with Crippen LogP contribution in [0.2, 0.25) is 0 Å². The highest BCUT2D eigenvalue weighted by molar-refractivity contribution is 7.84. The van der Waals surface area contributed by atoms with Crippen molar-refractivity contribution in [2.45, 2.75) is 45.0 Å². The van der Waals surface area contributed by atoms with Gasteiger partial charge in [0.05, 0.1) is 41.5 Å². The Labute approximate surface area is 128 Å². The Morgan fingerprint density at radius 1 is 1.43 bits per heavy atom. The molecule has 1 aliphatic heterocycles. The largest absolute Gasteiger partial charge is 0.379 e. The highest BCUT2D eigenvalue weighted by atomic mass is 32.2. The summed E-state index contributed by atoms with van der Waals surface area (Å²) < 4.78 is 25.6. The van der Waals surface area contributed by atoms with Crippen LogP contribution in [0.3, 0.4) is 0 Å². The molecule has 0 bridgehead atoms. The molecule has 0 saturated carbocycles. The molecule has 0 aromatic carbocycles. The number of ether oxygens (including phenoxy) is 1. The third-order valence-electron chi connectivity index (χ3n) is 3.34. The molecule has 2 atom stereocenters. The number of morpholine rings is 1. The number of hydrogen-bond donors (Lipinski definition) is 1. The second kappa shape index (κ2) is 7.00. The maximum atomic E-state index is 12.1. The smallest absolute Gasteiger partial charge is 0.151 e. The van der Waals surface area contributed by atoms with Crippen molar-refractivity contribution in [3.05, 3.63) is 17.5 Å². The fraction of sp³-hybridized carbons (Fsp3) is 0.786. The van der Waals surface area contributed by atoms with Crippen LogP contribution in [-0.4, -0.2) is 45.3 Å². The summed E-state index contributed by atoms with van der Waals surface area (Å²) in [5.74, 6) is 0.835. The Kier molecular flexibility index (Phi) is 5.54. The molecule has 2 rings (SSSR count). The van der Waals surface area contributed by atoms with Crippen LogP contribution in [0.1, 0.15) is 45.2 Å². The van der Waals surface area contributed by atoms with Crippen molar-refractivity contribution < 1.29 is 13.5 Å². The van der Waals surface area contributed by atoms with E-state index in [4.69, 9.17) is 9.26 Å². The molecule has 0 aliphatic carbocycles. The van der Waals surface area contributed by atoms with Gasteiger partial charge in [-0.2, -0.15) is 0 Å². The molecule has 7 heteroatoms. The number of rotatable bonds is 5. The zero-order chi connectivity index (χ0) is 15.5. The Morgan fingerprint density at radius 3 is 2.71 bits per heavy atom. The number of hydrogen-bond acceptors (Lipinski definition) is 5. The summed E-state index contributed by atoms with van der Waals surface area (Å²) in [7, 11) is -1.12. The number of nitrogens with zero attached hydrogens (tertiary/aromatic N) is 2. The zero-order valence-electron chi connectivity index (χ0n) is 13.2. The summed E-state index contributed by atoms with van der Waals surface area (Å²) >= 11 is 0. The van der Waals surface area contributed by atoms with E-state index in [9.17, 15) is 4.21 Å². The average Bonchev–Trinajstić information content (AvgIpc) is 2.87. The van der Waals surface area contributed by atoms with Crippen LogP contribution in [0.15, 0.2) is 10.6 Å². The highest BCUT2D eigenvalue weighted by Crippen LogP contribution is 2.18. The Morgan fingerprint density at radius 2 is 2.10 bits per heavy atom. The van der Waals surface area contributed by atoms with Crippen molar-refractivity contribution in [2.75, 3.05) is 26.3 Å². The minimum atomic E-state index is -1.12. The number of nitrogens with one attached hydrogen (secondary N) is 1. The van der Waals surface area contributed by atoms with E-state index in [2.05, 4.69) is 14.8 Å². The summed E-state index contributed by atoms with van der Waals surface area (Å²) in [6.07, 6.45) is 0. The summed E-state index contributed by atoms with van der Waals surface area (Å²) in [6, 6.07) is 1.83. The van der Waals surface area contributed by atoms with Crippen molar-refractivity contribution in [1.82, 2.24) is 14.8 Å². The first-order valence-electron chi connectivity index (χ1n) is 7.30. The van der Waals surface area contributed by atoms with Gasteiger partial charge in [0.25, 0.3) is 0 Å². The molecular formula is C14H25N3O3S. The first kappa shape index (κ1) is 16.6. The van der Waals surface area contributed by atoms with Crippen LogP contribution < -0.4 is 4.72 Å². The van der Waals surface area contributed by atoms with E-state index in [1.165, 1.54) is 0 Å². The molecule has 1 saturated heterocycles. The number of aromatic nitrogens is 1. The van der Waals surface area contributed by atoms with Gasteiger partial charge >= 0.3 is 0 Å². The summed E-state index contributed by atoms with van der Waals surface area (Å²) in [6.45, 7) is 11.9.